The first-order chi connectivity index (χ1) is 17.1. The van der Waals surface area contributed by atoms with Crippen LogP contribution in [0.3, 0.4) is 0 Å². The van der Waals surface area contributed by atoms with Crippen LogP contribution in [-0.4, -0.2) is 23.3 Å². The lowest BCUT2D eigenvalue weighted by molar-refractivity contribution is 0.0949. The van der Waals surface area contributed by atoms with Gasteiger partial charge < -0.3 is 20.0 Å². The minimum atomic E-state index is -0.362. The van der Waals surface area contributed by atoms with Gasteiger partial charge in [0.05, 0.1) is 6.26 Å². The van der Waals surface area contributed by atoms with Crippen molar-refractivity contribution in [2.24, 2.45) is 0 Å². The number of pyridine rings is 1. The van der Waals surface area contributed by atoms with Crippen molar-refractivity contribution in [3.05, 3.63) is 113 Å². The van der Waals surface area contributed by atoms with Gasteiger partial charge in [-0.3, -0.25) is 9.59 Å². The number of nitrogens with one attached hydrogen (secondary N) is 2. The molecule has 2 aromatic heterocycles. The van der Waals surface area contributed by atoms with Gasteiger partial charge in [-0.1, -0.05) is 36.4 Å². The molecule has 0 bridgehead atoms. The molecule has 0 aliphatic carbocycles. The van der Waals surface area contributed by atoms with Crippen LogP contribution < -0.4 is 15.5 Å². The zero-order chi connectivity index (χ0) is 24.2. The zero-order valence-corrected chi connectivity index (χ0v) is 19.5. The number of anilines is 2. The monoisotopic (exact) mass is 466 g/mol. The third-order valence-corrected chi connectivity index (χ3v) is 6.21. The summed E-state index contributed by atoms with van der Waals surface area (Å²) in [6, 6.07) is 21.0. The number of furan rings is 1. The van der Waals surface area contributed by atoms with Crippen molar-refractivity contribution in [2.75, 3.05) is 16.8 Å². The van der Waals surface area contributed by atoms with Crippen LogP contribution in [0.1, 0.15) is 43.2 Å². The Bertz CT molecular complexity index is 1350. The van der Waals surface area contributed by atoms with Crippen LogP contribution in [0.5, 0.6) is 0 Å². The van der Waals surface area contributed by atoms with Gasteiger partial charge in [0.1, 0.15) is 5.82 Å². The van der Waals surface area contributed by atoms with Crippen molar-refractivity contribution in [3.63, 3.8) is 0 Å². The minimum Gasteiger partial charge on any atom is -0.459 e. The standard InChI is InChI=1S/C28H26N4O3/c1-19-8-10-22(15-24(19)31-28(34)25-7-4-14-35-25)27(33)30-17-20-9-11-26(29-16-20)32-13-12-21-5-2-3-6-23(21)18-32/h2-11,14-16H,12-13,17-18H2,1H3,(H,30,33)(H,31,34). The Balaban J connectivity index is 1.19. The number of fused-ring (bicyclic) bond motifs is 1. The molecule has 2 aromatic carbocycles. The average molecular weight is 467 g/mol. The molecule has 2 N–H and O–H groups in total. The average Bonchev–Trinajstić information content (AvgIpc) is 3.44. The van der Waals surface area contributed by atoms with Crippen molar-refractivity contribution < 1.29 is 14.0 Å². The fourth-order valence-corrected chi connectivity index (χ4v) is 4.17. The lowest BCUT2D eigenvalue weighted by atomic mass is 10.00. The van der Waals surface area contributed by atoms with Gasteiger partial charge in [0.2, 0.25) is 0 Å². The first-order valence-electron chi connectivity index (χ1n) is 11.6. The largest absolute Gasteiger partial charge is 0.459 e. The van der Waals surface area contributed by atoms with Gasteiger partial charge in [-0.15, -0.1) is 0 Å². The number of carbonyl (C=O) groups excluding carboxylic acids is 2. The number of amides is 2. The maximum absolute atomic E-state index is 12.8. The maximum Gasteiger partial charge on any atom is 0.291 e. The molecule has 7 nitrogen and oxygen atoms in total. The predicted octanol–water partition coefficient (Wildman–Crippen LogP) is 4.73. The maximum atomic E-state index is 12.8. The van der Waals surface area contributed by atoms with E-state index < -0.39 is 0 Å². The van der Waals surface area contributed by atoms with Crippen molar-refractivity contribution in [2.45, 2.75) is 26.4 Å². The summed E-state index contributed by atoms with van der Waals surface area (Å²) < 4.78 is 5.13. The summed E-state index contributed by atoms with van der Waals surface area (Å²) >= 11 is 0. The highest BCUT2D eigenvalue weighted by atomic mass is 16.3. The summed E-state index contributed by atoms with van der Waals surface area (Å²) in [4.78, 5) is 32.0. The molecule has 0 unspecified atom stereocenters. The molecule has 0 saturated carbocycles. The smallest absolute Gasteiger partial charge is 0.291 e. The van der Waals surface area contributed by atoms with Gasteiger partial charge in [-0.05, 0) is 65.9 Å². The Hall–Kier alpha value is -4.39. The SMILES string of the molecule is Cc1ccc(C(=O)NCc2ccc(N3CCc4ccccc4C3)nc2)cc1NC(=O)c1ccco1. The van der Waals surface area contributed by atoms with E-state index in [1.165, 1.54) is 17.4 Å². The van der Waals surface area contributed by atoms with E-state index in [9.17, 15) is 9.59 Å². The number of benzene rings is 2. The van der Waals surface area contributed by atoms with Crippen LogP contribution in [0, 0.1) is 6.92 Å². The summed E-state index contributed by atoms with van der Waals surface area (Å²) in [5.74, 6) is 0.559. The number of aromatic nitrogens is 1. The first kappa shape index (κ1) is 22.4. The molecule has 1 aliphatic heterocycles. The minimum absolute atomic E-state index is 0.212. The summed E-state index contributed by atoms with van der Waals surface area (Å²) in [5, 5.41) is 5.73. The number of nitrogens with zero attached hydrogens (tertiary/aromatic N) is 2. The lowest BCUT2D eigenvalue weighted by Gasteiger charge is -2.29. The number of aryl methyl sites for hydroxylation is 1. The van der Waals surface area contributed by atoms with Crippen LogP contribution in [0.4, 0.5) is 11.5 Å². The quantitative estimate of drug-likeness (QED) is 0.429. The Labute approximate surface area is 203 Å². The van der Waals surface area contributed by atoms with Crippen LogP contribution in [0.25, 0.3) is 0 Å². The molecular formula is C28H26N4O3. The number of hydrogen-bond donors (Lipinski definition) is 2. The summed E-state index contributed by atoms with van der Waals surface area (Å²) in [7, 11) is 0. The topological polar surface area (TPSA) is 87.5 Å². The second-order valence-electron chi connectivity index (χ2n) is 8.61. The third-order valence-electron chi connectivity index (χ3n) is 6.21. The van der Waals surface area contributed by atoms with Crippen LogP contribution >= 0.6 is 0 Å². The molecule has 0 saturated heterocycles. The van der Waals surface area contributed by atoms with E-state index in [0.717, 1.165) is 36.5 Å². The molecule has 5 rings (SSSR count). The molecule has 1 aliphatic rings. The van der Waals surface area contributed by atoms with Crippen molar-refractivity contribution in [3.8, 4) is 0 Å². The van der Waals surface area contributed by atoms with Crippen LogP contribution in [-0.2, 0) is 19.5 Å². The molecule has 4 aromatic rings. The molecule has 2 amide bonds. The molecule has 176 valence electrons. The van der Waals surface area contributed by atoms with Crippen molar-refractivity contribution in [1.29, 1.82) is 0 Å². The third kappa shape index (κ3) is 5.09. The number of rotatable bonds is 6. The van der Waals surface area contributed by atoms with E-state index in [1.54, 1.807) is 36.5 Å². The molecule has 3 heterocycles. The summed E-state index contributed by atoms with van der Waals surface area (Å²) in [6.07, 6.45) is 4.26. The molecule has 0 atom stereocenters. The number of carbonyl (C=O) groups is 2. The molecule has 0 spiro atoms. The molecular weight excluding hydrogens is 440 g/mol. The Morgan fingerprint density at radius 3 is 2.63 bits per heavy atom. The van der Waals surface area contributed by atoms with Gasteiger partial charge in [-0.25, -0.2) is 4.98 Å². The second kappa shape index (κ2) is 9.85. The normalized spacial score (nSPS) is 12.7. The van der Waals surface area contributed by atoms with Crippen molar-refractivity contribution >= 4 is 23.3 Å². The van der Waals surface area contributed by atoms with E-state index in [2.05, 4.69) is 44.8 Å². The molecule has 0 fully saturated rings. The Morgan fingerprint density at radius 2 is 1.86 bits per heavy atom. The van der Waals surface area contributed by atoms with E-state index in [-0.39, 0.29) is 17.6 Å². The van der Waals surface area contributed by atoms with E-state index >= 15 is 0 Å². The summed E-state index contributed by atoms with van der Waals surface area (Å²) in [5.41, 5.74) is 5.53. The fourth-order valence-electron chi connectivity index (χ4n) is 4.17. The number of hydrogen-bond acceptors (Lipinski definition) is 5. The highest BCUT2D eigenvalue weighted by Gasteiger charge is 2.17. The van der Waals surface area contributed by atoms with Gasteiger partial charge in [-0.2, -0.15) is 0 Å². The fraction of sp³-hybridized carbons (Fsp3) is 0.179. The van der Waals surface area contributed by atoms with E-state index in [1.807, 2.05) is 19.1 Å². The van der Waals surface area contributed by atoms with Gasteiger partial charge in [0.25, 0.3) is 11.8 Å². The Morgan fingerprint density at radius 1 is 1.00 bits per heavy atom. The molecule has 35 heavy (non-hydrogen) atoms. The van der Waals surface area contributed by atoms with Gasteiger partial charge in [0, 0.05) is 37.1 Å². The molecule has 0 radical (unpaired) electrons. The zero-order valence-electron chi connectivity index (χ0n) is 19.5. The van der Waals surface area contributed by atoms with Crippen LogP contribution in [0.2, 0.25) is 0 Å². The lowest BCUT2D eigenvalue weighted by Crippen LogP contribution is -2.31. The van der Waals surface area contributed by atoms with Gasteiger partial charge >= 0.3 is 0 Å². The highest BCUT2D eigenvalue weighted by Crippen LogP contribution is 2.23. The second-order valence-corrected chi connectivity index (χ2v) is 8.61. The van der Waals surface area contributed by atoms with Crippen LogP contribution in [0.15, 0.2) is 83.6 Å². The first-order valence-corrected chi connectivity index (χ1v) is 11.6. The van der Waals surface area contributed by atoms with Gasteiger partial charge in [0.15, 0.2) is 5.76 Å². The van der Waals surface area contributed by atoms with Crippen molar-refractivity contribution in [1.82, 2.24) is 10.3 Å². The molecule has 7 heteroatoms. The van der Waals surface area contributed by atoms with E-state index in [4.69, 9.17) is 4.42 Å². The highest BCUT2D eigenvalue weighted by molar-refractivity contribution is 6.03. The summed E-state index contributed by atoms with van der Waals surface area (Å²) in [6.45, 7) is 4.02. The van der Waals surface area contributed by atoms with E-state index in [0.29, 0.717) is 17.8 Å². The Kier molecular flexibility index (Phi) is 6.30. The predicted molar refractivity (Wildman–Crippen MR) is 134 cm³/mol.